The van der Waals surface area contributed by atoms with Gasteiger partial charge in [-0.1, -0.05) is 13.8 Å². The van der Waals surface area contributed by atoms with Crippen LogP contribution in [-0.2, 0) is 12.6 Å². The van der Waals surface area contributed by atoms with Gasteiger partial charge in [0, 0.05) is 29.3 Å². The molecule has 9 heteroatoms. The summed E-state index contributed by atoms with van der Waals surface area (Å²) in [7, 11) is 1.37. The van der Waals surface area contributed by atoms with Crippen LogP contribution in [0.3, 0.4) is 0 Å². The lowest BCUT2D eigenvalue weighted by molar-refractivity contribution is -0.363. The number of aromatic nitrogens is 1. The van der Waals surface area contributed by atoms with E-state index in [4.69, 9.17) is 4.74 Å². The van der Waals surface area contributed by atoms with Gasteiger partial charge in [0.2, 0.25) is 0 Å². The van der Waals surface area contributed by atoms with E-state index >= 15 is 8.63 Å². The molecule has 0 fully saturated rings. The van der Waals surface area contributed by atoms with Crippen LogP contribution < -0.4 is 4.74 Å². The van der Waals surface area contributed by atoms with Gasteiger partial charge < -0.3 is 22.3 Å². The third-order valence-electron chi connectivity index (χ3n) is 7.30. The number of ether oxygens (including phenoxy) is 1. The van der Waals surface area contributed by atoms with Crippen LogP contribution in [0.1, 0.15) is 67.8 Å². The zero-order valence-corrected chi connectivity index (χ0v) is 20.4. The highest BCUT2D eigenvalue weighted by Crippen LogP contribution is 2.49. The van der Waals surface area contributed by atoms with Crippen molar-refractivity contribution in [2.24, 2.45) is 0 Å². The minimum atomic E-state index is -4.68. The molecule has 0 aliphatic carbocycles. The monoisotopic (exact) mass is 478 g/mol. The van der Waals surface area contributed by atoms with Crippen molar-refractivity contribution in [3.8, 4) is 5.75 Å². The maximum atomic E-state index is 16.3. The molecule has 0 atom stereocenters. The molecule has 1 aromatic carbocycles. The predicted octanol–water partition coefficient (Wildman–Crippen LogP) is 6.90. The first-order valence-electron chi connectivity index (χ1n) is 11.4. The van der Waals surface area contributed by atoms with Crippen LogP contribution in [0.2, 0.25) is 0 Å². The summed E-state index contributed by atoms with van der Waals surface area (Å²) in [6, 6.07) is 3.52. The Balaban J connectivity index is 2.29. The lowest BCUT2D eigenvalue weighted by Crippen LogP contribution is -2.51. The summed E-state index contributed by atoms with van der Waals surface area (Å²) in [6.45, 7) is 6.10. The predicted molar refractivity (Wildman–Crippen MR) is 125 cm³/mol. The summed E-state index contributed by atoms with van der Waals surface area (Å²) in [6.07, 6.45) is -3.69. The molecular weight excluding hydrogens is 450 g/mol. The summed E-state index contributed by atoms with van der Waals surface area (Å²) < 4.78 is 82.4. The second-order valence-corrected chi connectivity index (χ2v) is 8.89. The fourth-order valence-electron chi connectivity index (χ4n) is 5.84. The van der Waals surface area contributed by atoms with E-state index in [1.165, 1.54) is 19.2 Å². The molecule has 0 radical (unpaired) electrons. The van der Waals surface area contributed by atoms with E-state index in [9.17, 15) is 13.2 Å². The second-order valence-electron chi connectivity index (χ2n) is 8.89. The number of fused-ring (bicyclic) bond motifs is 2. The van der Waals surface area contributed by atoms with Crippen LogP contribution >= 0.6 is 0 Å². The molecule has 0 saturated carbocycles. The first-order chi connectivity index (χ1) is 15.8. The van der Waals surface area contributed by atoms with Crippen LogP contribution in [0.4, 0.5) is 21.8 Å². The largest absolute Gasteiger partial charge is 0.737 e. The van der Waals surface area contributed by atoms with Crippen molar-refractivity contribution in [1.29, 1.82) is 0 Å². The van der Waals surface area contributed by atoms with Gasteiger partial charge in [-0.2, -0.15) is 13.2 Å². The average molecular weight is 478 g/mol. The van der Waals surface area contributed by atoms with E-state index in [-0.39, 0.29) is 28.3 Å². The molecule has 4 rings (SSSR count). The Morgan fingerprint density at radius 2 is 1.68 bits per heavy atom. The normalized spacial score (nSPS) is 17.5. The molecule has 0 amide bonds. The van der Waals surface area contributed by atoms with E-state index < -0.39 is 18.7 Å². The topological polar surface area (TPSA) is 17.2 Å². The van der Waals surface area contributed by atoms with Crippen LogP contribution in [0.5, 0.6) is 5.75 Å². The summed E-state index contributed by atoms with van der Waals surface area (Å²) in [5, 5.41) is 0. The SMILES string of the molecule is CCC1=C(C)C2=C(c3cc(OC)ccc3C(F)(F)F)c3c(C)c(CC)c(C)n3[B-](F)(F)[N+]2=C1C. The first kappa shape index (κ1) is 24.3. The van der Waals surface area contributed by atoms with Crippen molar-refractivity contribution in [2.45, 2.75) is 60.6 Å². The molecule has 0 saturated heterocycles. The van der Waals surface area contributed by atoms with Gasteiger partial charge in [-0.25, -0.2) is 0 Å². The standard InChI is InChI=1S/C25H28BF5N2O/c1-8-18-13(3)23-22(20-12-17(34-7)10-11-21(20)25(27,28)29)24-14(4)19(9-2)16(6)33(24)26(30,31)32(23)15(18)5/h10-12H,8-9H2,1-7H3. The Morgan fingerprint density at radius 1 is 1.03 bits per heavy atom. The summed E-state index contributed by atoms with van der Waals surface area (Å²) in [5.74, 6) is 0.227. The van der Waals surface area contributed by atoms with Crippen LogP contribution in [0, 0.1) is 13.8 Å². The van der Waals surface area contributed by atoms with Crippen LogP contribution in [0.15, 0.2) is 35.0 Å². The molecule has 3 heterocycles. The Kier molecular flexibility index (Phi) is 5.61. The van der Waals surface area contributed by atoms with Crippen molar-refractivity contribution in [3.05, 3.63) is 68.7 Å². The van der Waals surface area contributed by atoms with Gasteiger partial charge in [0.05, 0.1) is 18.2 Å². The molecule has 182 valence electrons. The Labute approximate surface area is 196 Å². The minimum Gasteiger partial charge on any atom is -0.497 e. The fraction of sp³-hybridized carbons (Fsp3) is 0.400. The number of hydrogen-bond donors (Lipinski definition) is 0. The van der Waals surface area contributed by atoms with Gasteiger partial charge in [-0.05, 0) is 68.6 Å². The molecule has 0 bridgehead atoms. The molecule has 1 aromatic heterocycles. The van der Waals surface area contributed by atoms with Gasteiger partial charge in [-0.15, -0.1) is 0 Å². The van der Waals surface area contributed by atoms with Gasteiger partial charge in [0.25, 0.3) is 0 Å². The Hall–Kier alpha value is -2.84. The number of nitrogens with zero attached hydrogens (tertiary/aromatic N) is 2. The van der Waals surface area contributed by atoms with Gasteiger partial charge in [0.15, 0.2) is 5.70 Å². The molecular formula is C25H28BF5N2O. The van der Waals surface area contributed by atoms with Crippen LogP contribution in [-0.4, -0.2) is 28.8 Å². The fourth-order valence-corrected chi connectivity index (χ4v) is 5.84. The van der Waals surface area contributed by atoms with Crippen molar-refractivity contribution in [2.75, 3.05) is 7.11 Å². The van der Waals surface area contributed by atoms with E-state index in [0.29, 0.717) is 35.4 Å². The van der Waals surface area contributed by atoms with Gasteiger partial charge in [-0.3, -0.25) is 0 Å². The lowest BCUT2D eigenvalue weighted by Gasteiger charge is -2.34. The summed E-state index contributed by atoms with van der Waals surface area (Å²) >= 11 is 0. The quantitative estimate of drug-likeness (QED) is 0.345. The van der Waals surface area contributed by atoms with Crippen LogP contribution in [0.25, 0.3) is 5.57 Å². The second kappa shape index (κ2) is 7.85. The Bertz CT molecular complexity index is 1310. The molecule has 2 aliphatic rings. The zero-order valence-electron chi connectivity index (χ0n) is 20.4. The van der Waals surface area contributed by atoms with E-state index in [1.54, 1.807) is 27.7 Å². The number of benzene rings is 1. The summed E-state index contributed by atoms with van der Waals surface area (Å²) in [4.78, 5) is 0. The van der Waals surface area contributed by atoms with Crippen molar-refractivity contribution >= 4 is 18.3 Å². The first-order valence-corrected chi connectivity index (χ1v) is 11.4. The minimum absolute atomic E-state index is 0.147. The highest BCUT2D eigenvalue weighted by atomic mass is 19.4. The highest BCUT2D eigenvalue weighted by molar-refractivity contribution is 6.58. The number of rotatable bonds is 4. The molecule has 0 spiro atoms. The maximum Gasteiger partial charge on any atom is 0.737 e. The van der Waals surface area contributed by atoms with E-state index in [0.717, 1.165) is 26.2 Å². The number of alkyl halides is 3. The number of methoxy groups -OCH3 is 1. The number of hydrogen-bond acceptors (Lipinski definition) is 1. The average Bonchev–Trinajstić information content (AvgIpc) is 3.17. The molecule has 0 unspecified atom stereocenters. The van der Waals surface area contributed by atoms with Crippen molar-refractivity contribution in [3.63, 3.8) is 0 Å². The van der Waals surface area contributed by atoms with Crippen molar-refractivity contribution < 1.29 is 31.0 Å². The van der Waals surface area contributed by atoms with E-state index in [2.05, 4.69) is 0 Å². The number of halogens is 5. The summed E-state index contributed by atoms with van der Waals surface area (Å²) in [5.41, 5.74) is 2.78. The molecule has 3 nitrogen and oxygen atoms in total. The van der Waals surface area contributed by atoms with Crippen molar-refractivity contribution in [1.82, 2.24) is 4.48 Å². The third kappa shape index (κ3) is 3.12. The Morgan fingerprint density at radius 3 is 2.21 bits per heavy atom. The molecule has 34 heavy (non-hydrogen) atoms. The zero-order chi connectivity index (χ0) is 25.3. The van der Waals surface area contributed by atoms with Gasteiger partial charge in [0.1, 0.15) is 11.5 Å². The maximum absolute atomic E-state index is 16.3. The lowest BCUT2D eigenvalue weighted by atomic mass is 9.82. The third-order valence-corrected chi connectivity index (χ3v) is 7.30. The highest BCUT2D eigenvalue weighted by Gasteiger charge is 2.57. The molecule has 2 aromatic rings. The van der Waals surface area contributed by atoms with Gasteiger partial charge >= 0.3 is 13.1 Å². The number of allylic oxidation sites excluding steroid dienone is 2. The molecule has 2 aliphatic heterocycles. The smallest absolute Gasteiger partial charge is 0.497 e. The molecule has 0 N–H and O–H groups in total. The van der Waals surface area contributed by atoms with E-state index in [1.807, 2.05) is 13.8 Å².